The molecule has 0 N–H and O–H groups in total. The van der Waals surface area contributed by atoms with E-state index in [1.807, 2.05) is 25.2 Å². The molecule has 0 amide bonds. The highest BCUT2D eigenvalue weighted by Gasteiger charge is 2.15. The van der Waals surface area contributed by atoms with Crippen molar-refractivity contribution in [3.63, 3.8) is 0 Å². The predicted octanol–water partition coefficient (Wildman–Crippen LogP) is 1.97. The third kappa shape index (κ3) is 2.57. The van der Waals surface area contributed by atoms with Gasteiger partial charge in [0.1, 0.15) is 5.82 Å². The number of nitrogens with zero attached hydrogens (tertiary/aromatic N) is 4. The molecule has 0 aliphatic carbocycles. The van der Waals surface area contributed by atoms with Crippen LogP contribution in [0.3, 0.4) is 0 Å². The van der Waals surface area contributed by atoms with Crippen LogP contribution in [0.25, 0.3) is 11.4 Å². The maximum Gasteiger partial charge on any atom is 0.130 e. The third-order valence-corrected chi connectivity index (χ3v) is 3.41. The highest BCUT2D eigenvalue weighted by Crippen LogP contribution is 2.25. The summed E-state index contributed by atoms with van der Waals surface area (Å²) in [7, 11) is 1.90. The lowest BCUT2D eigenvalue weighted by atomic mass is 10.2. The smallest absolute Gasteiger partial charge is 0.130 e. The van der Waals surface area contributed by atoms with Crippen molar-refractivity contribution >= 4 is 17.4 Å². The topological polar surface area (TPSA) is 43.2 Å². The maximum atomic E-state index is 6.21. The first-order chi connectivity index (χ1) is 9.24. The molecule has 0 unspecified atom stereocenters. The summed E-state index contributed by atoms with van der Waals surface area (Å²) in [4.78, 5) is 6.88. The van der Waals surface area contributed by atoms with Crippen LogP contribution in [0.1, 0.15) is 0 Å². The van der Waals surface area contributed by atoms with Gasteiger partial charge in [0.05, 0.1) is 24.6 Å². The van der Waals surface area contributed by atoms with Gasteiger partial charge in [-0.25, -0.2) is 4.98 Å². The van der Waals surface area contributed by atoms with Crippen LogP contribution in [0, 0.1) is 0 Å². The second kappa shape index (κ2) is 5.19. The summed E-state index contributed by atoms with van der Waals surface area (Å²) < 4.78 is 7.15. The van der Waals surface area contributed by atoms with Gasteiger partial charge in [0.15, 0.2) is 0 Å². The molecule has 0 spiro atoms. The monoisotopic (exact) mass is 278 g/mol. The van der Waals surface area contributed by atoms with Gasteiger partial charge in [0.2, 0.25) is 0 Å². The fourth-order valence-corrected chi connectivity index (χ4v) is 2.40. The van der Waals surface area contributed by atoms with E-state index >= 15 is 0 Å². The number of anilines is 1. The van der Waals surface area contributed by atoms with Crippen molar-refractivity contribution in [3.05, 3.63) is 29.4 Å². The fourth-order valence-electron chi connectivity index (χ4n) is 2.19. The van der Waals surface area contributed by atoms with E-state index < -0.39 is 0 Å². The number of ether oxygens (including phenoxy) is 1. The van der Waals surface area contributed by atoms with Gasteiger partial charge in [-0.05, 0) is 18.2 Å². The van der Waals surface area contributed by atoms with E-state index in [0.717, 1.165) is 43.5 Å². The van der Waals surface area contributed by atoms with Crippen molar-refractivity contribution < 1.29 is 4.74 Å². The zero-order valence-electron chi connectivity index (χ0n) is 10.7. The van der Waals surface area contributed by atoms with Gasteiger partial charge in [-0.1, -0.05) is 11.6 Å². The number of hydrogen-bond acceptors (Lipinski definition) is 4. The van der Waals surface area contributed by atoms with Crippen molar-refractivity contribution in [2.75, 3.05) is 31.2 Å². The summed E-state index contributed by atoms with van der Waals surface area (Å²) in [5.74, 6) is 0.895. The standard InChI is InChI=1S/C13H15ClN4O/c1-17-12(2-3-15-17)11-8-10(14)9-13(16-11)18-4-6-19-7-5-18/h2-3,8-9H,4-7H2,1H3. The SMILES string of the molecule is Cn1nccc1-c1cc(Cl)cc(N2CCOCC2)n1. The van der Waals surface area contributed by atoms with Crippen LogP contribution in [0.2, 0.25) is 5.02 Å². The third-order valence-electron chi connectivity index (χ3n) is 3.20. The van der Waals surface area contributed by atoms with E-state index in [-0.39, 0.29) is 0 Å². The Hall–Kier alpha value is -1.59. The molecule has 1 saturated heterocycles. The summed E-state index contributed by atoms with van der Waals surface area (Å²) >= 11 is 6.21. The number of aryl methyl sites for hydroxylation is 1. The Balaban J connectivity index is 1.98. The van der Waals surface area contributed by atoms with Crippen LogP contribution in [0.5, 0.6) is 0 Å². The van der Waals surface area contributed by atoms with E-state index in [0.29, 0.717) is 5.02 Å². The molecule has 0 radical (unpaired) electrons. The lowest BCUT2D eigenvalue weighted by molar-refractivity contribution is 0.122. The molecular weight excluding hydrogens is 264 g/mol. The Morgan fingerprint density at radius 3 is 2.74 bits per heavy atom. The summed E-state index contributed by atoms with van der Waals surface area (Å²) in [6.07, 6.45) is 1.76. The zero-order valence-corrected chi connectivity index (χ0v) is 11.5. The van der Waals surface area contributed by atoms with Crippen LogP contribution < -0.4 is 4.90 Å². The lowest BCUT2D eigenvalue weighted by Crippen LogP contribution is -2.36. The first-order valence-electron chi connectivity index (χ1n) is 6.23. The Morgan fingerprint density at radius 2 is 2.05 bits per heavy atom. The molecule has 1 fully saturated rings. The second-order valence-electron chi connectivity index (χ2n) is 4.47. The van der Waals surface area contributed by atoms with Crippen LogP contribution in [-0.2, 0) is 11.8 Å². The van der Waals surface area contributed by atoms with Crippen molar-refractivity contribution in [2.45, 2.75) is 0 Å². The predicted molar refractivity (Wildman–Crippen MR) is 74.5 cm³/mol. The molecule has 2 aromatic heterocycles. The molecule has 2 aromatic rings. The average molecular weight is 279 g/mol. The Kier molecular flexibility index (Phi) is 3.40. The Bertz CT molecular complexity index is 578. The largest absolute Gasteiger partial charge is 0.378 e. The highest BCUT2D eigenvalue weighted by molar-refractivity contribution is 6.31. The highest BCUT2D eigenvalue weighted by atomic mass is 35.5. The molecule has 19 heavy (non-hydrogen) atoms. The number of rotatable bonds is 2. The summed E-state index contributed by atoms with van der Waals surface area (Å²) in [5.41, 5.74) is 1.80. The fraction of sp³-hybridized carbons (Fsp3) is 0.385. The number of hydrogen-bond donors (Lipinski definition) is 0. The minimum Gasteiger partial charge on any atom is -0.378 e. The summed E-state index contributed by atoms with van der Waals surface area (Å²) in [6, 6.07) is 5.69. The quantitative estimate of drug-likeness (QED) is 0.842. The molecular formula is C13H15ClN4O. The minimum atomic E-state index is 0.688. The van der Waals surface area contributed by atoms with Crippen molar-refractivity contribution in [2.24, 2.45) is 7.05 Å². The summed E-state index contributed by atoms with van der Waals surface area (Å²) in [6.45, 7) is 3.15. The van der Waals surface area contributed by atoms with Gasteiger partial charge < -0.3 is 9.64 Å². The Morgan fingerprint density at radius 1 is 1.26 bits per heavy atom. The Labute approximate surface area is 116 Å². The number of morpholine rings is 1. The van der Waals surface area contributed by atoms with Crippen LogP contribution >= 0.6 is 11.6 Å². The molecule has 6 heteroatoms. The van der Waals surface area contributed by atoms with Gasteiger partial charge in [0.25, 0.3) is 0 Å². The van der Waals surface area contributed by atoms with Gasteiger partial charge in [-0.2, -0.15) is 5.10 Å². The van der Waals surface area contributed by atoms with E-state index in [1.165, 1.54) is 0 Å². The number of halogens is 1. The van der Waals surface area contributed by atoms with Crippen molar-refractivity contribution in [1.82, 2.24) is 14.8 Å². The van der Waals surface area contributed by atoms with Gasteiger partial charge >= 0.3 is 0 Å². The van der Waals surface area contributed by atoms with Crippen molar-refractivity contribution in [3.8, 4) is 11.4 Å². The molecule has 1 aliphatic rings. The molecule has 5 nitrogen and oxygen atoms in total. The van der Waals surface area contributed by atoms with Gasteiger partial charge in [-0.3, -0.25) is 4.68 Å². The number of aromatic nitrogens is 3. The molecule has 0 aromatic carbocycles. The van der Waals surface area contributed by atoms with E-state index in [1.54, 1.807) is 10.9 Å². The molecule has 100 valence electrons. The number of pyridine rings is 1. The molecule has 0 atom stereocenters. The van der Waals surface area contributed by atoms with E-state index in [9.17, 15) is 0 Å². The van der Waals surface area contributed by atoms with Gasteiger partial charge in [-0.15, -0.1) is 0 Å². The normalized spacial score (nSPS) is 15.8. The van der Waals surface area contributed by atoms with Crippen molar-refractivity contribution in [1.29, 1.82) is 0 Å². The maximum absolute atomic E-state index is 6.21. The molecule has 3 heterocycles. The molecule has 0 saturated carbocycles. The minimum absolute atomic E-state index is 0.688. The van der Waals surface area contributed by atoms with Crippen LogP contribution in [-0.4, -0.2) is 41.1 Å². The van der Waals surface area contributed by atoms with E-state index in [2.05, 4.69) is 15.0 Å². The lowest BCUT2D eigenvalue weighted by Gasteiger charge is -2.28. The van der Waals surface area contributed by atoms with Crippen LogP contribution in [0.15, 0.2) is 24.4 Å². The molecule has 0 bridgehead atoms. The summed E-state index contributed by atoms with van der Waals surface area (Å²) in [5, 5.41) is 4.85. The molecule has 1 aliphatic heterocycles. The van der Waals surface area contributed by atoms with E-state index in [4.69, 9.17) is 16.3 Å². The van der Waals surface area contributed by atoms with Gasteiger partial charge in [0, 0.05) is 31.4 Å². The molecule has 3 rings (SSSR count). The first kappa shape index (κ1) is 12.4. The zero-order chi connectivity index (χ0) is 13.2. The average Bonchev–Trinajstić information content (AvgIpc) is 2.85. The van der Waals surface area contributed by atoms with Crippen LogP contribution in [0.4, 0.5) is 5.82 Å². The first-order valence-corrected chi connectivity index (χ1v) is 6.60. The second-order valence-corrected chi connectivity index (χ2v) is 4.90.